The average Bonchev–Trinajstić information content (AvgIpc) is 2.55. The molecule has 5 heteroatoms. The van der Waals surface area contributed by atoms with Gasteiger partial charge >= 0.3 is 0 Å². The molecule has 1 aliphatic rings. The third-order valence-corrected chi connectivity index (χ3v) is 3.18. The summed E-state index contributed by atoms with van der Waals surface area (Å²) in [6.07, 6.45) is 1.59. The van der Waals surface area contributed by atoms with E-state index in [1.54, 1.807) is 29.6 Å². The number of aryl methyl sites for hydroxylation is 2. The van der Waals surface area contributed by atoms with Crippen LogP contribution >= 0.6 is 0 Å². The number of nitrogens with zero attached hydrogens (tertiary/aromatic N) is 3. The van der Waals surface area contributed by atoms with E-state index in [4.69, 9.17) is 0 Å². The minimum atomic E-state index is -0.762. The van der Waals surface area contributed by atoms with Gasteiger partial charge in [0.15, 0.2) is 0 Å². The highest BCUT2D eigenvalue weighted by Crippen LogP contribution is 2.21. The fourth-order valence-corrected chi connectivity index (χ4v) is 2.37. The van der Waals surface area contributed by atoms with Gasteiger partial charge in [0, 0.05) is 20.1 Å². The molecule has 1 aliphatic heterocycles. The maximum absolute atomic E-state index is 12.3. The fourth-order valence-electron chi connectivity index (χ4n) is 2.37. The van der Waals surface area contributed by atoms with Gasteiger partial charge in [-0.2, -0.15) is 5.10 Å². The Hall–Kier alpha value is -1.36. The van der Waals surface area contributed by atoms with E-state index in [9.17, 15) is 9.90 Å². The highest BCUT2D eigenvalue weighted by molar-refractivity contribution is 5.92. The van der Waals surface area contributed by atoms with Gasteiger partial charge in [-0.25, -0.2) is 0 Å². The lowest BCUT2D eigenvalue weighted by atomic mass is 9.95. The van der Waals surface area contributed by atoms with E-state index < -0.39 is 5.60 Å². The van der Waals surface area contributed by atoms with Crippen molar-refractivity contribution >= 4 is 5.91 Å². The van der Waals surface area contributed by atoms with Gasteiger partial charge in [0.05, 0.1) is 11.3 Å². The van der Waals surface area contributed by atoms with Crippen LogP contribution in [0, 0.1) is 6.92 Å². The van der Waals surface area contributed by atoms with Crippen LogP contribution in [0.2, 0.25) is 0 Å². The normalized spacial score (nSPS) is 25.1. The number of aromatic nitrogens is 2. The highest BCUT2D eigenvalue weighted by Gasteiger charge is 2.32. The Labute approximate surface area is 101 Å². The molecule has 1 N–H and O–H groups in total. The largest absolute Gasteiger partial charge is 0.388 e. The van der Waals surface area contributed by atoms with E-state index in [1.165, 1.54) is 0 Å². The lowest BCUT2D eigenvalue weighted by Crippen LogP contribution is -2.48. The van der Waals surface area contributed by atoms with Crippen molar-refractivity contribution in [1.29, 1.82) is 0 Å². The molecule has 1 aromatic rings. The molecule has 0 aliphatic carbocycles. The summed E-state index contributed by atoms with van der Waals surface area (Å²) in [5.41, 5.74) is 0.654. The summed E-state index contributed by atoms with van der Waals surface area (Å²) in [4.78, 5) is 14.0. The first kappa shape index (κ1) is 12.1. The van der Waals surface area contributed by atoms with Gasteiger partial charge in [-0.1, -0.05) is 0 Å². The van der Waals surface area contributed by atoms with E-state index in [-0.39, 0.29) is 5.91 Å². The monoisotopic (exact) mass is 237 g/mol. The second kappa shape index (κ2) is 4.14. The van der Waals surface area contributed by atoms with Crippen molar-refractivity contribution in [3.8, 4) is 0 Å². The van der Waals surface area contributed by atoms with Crippen LogP contribution in [-0.2, 0) is 7.05 Å². The number of rotatable bonds is 1. The van der Waals surface area contributed by atoms with Crippen molar-refractivity contribution in [2.75, 3.05) is 13.1 Å². The van der Waals surface area contributed by atoms with Crippen molar-refractivity contribution in [1.82, 2.24) is 14.7 Å². The molecule has 0 aromatic carbocycles. The Balaban J connectivity index is 2.18. The molecule has 2 rings (SSSR count). The van der Waals surface area contributed by atoms with Gasteiger partial charge < -0.3 is 10.0 Å². The van der Waals surface area contributed by atoms with E-state index in [0.717, 1.165) is 18.5 Å². The molecule has 0 saturated carbocycles. The molecule has 17 heavy (non-hydrogen) atoms. The van der Waals surface area contributed by atoms with Crippen LogP contribution in [0.3, 0.4) is 0 Å². The van der Waals surface area contributed by atoms with Crippen LogP contribution < -0.4 is 0 Å². The summed E-state index contributed by atoms with van der Waals surface area (Å²) >= 11 is 0. The van der Waals surface area contributed by atoms with Crippen molar-refractivity contribution in [2.45, 2.75) is 32.3 Å². The molecule has 5 nitrogen and oxygen atoms in total. The summed E-state index contributed by atoms with van der Waals surface area (Å²) in [6, 6.07) is 1.78. The number of carbonyl (C=O) groups is 1. The summed E-state index contributed by atoms with van der Waals surface area (Å²) < 4.78 is 1.60. The number of carbonyl (C=O) groups excluding carboxylic acids is 1. The molecule has 2 heterocycles. The Kier molecular flexibility index (Phi) is 2.95. The Morgan fingerprint density at radius 2 is 2.29 bits per heavy atom. The highest BCUT2D eigenvalue weighted by atomic mass is 16.3. The van der Waals surface area contributed by atoms with Crippen molar-refractivity contribution in [3.05, 3.63) is 17.5 Å². The fraction of sp³-hybridized carbons (Fsp3) is 0.667. The summed E-state index contributed by atoms with van der Waals surface area (Å²) in [5.74, 6) is -0.0481. The lowest BCUT2D eigenvalue weighted by molar-refractivity contribution is -0.0111. The predicted molar refractivity (Wildman–Crippen MR) is 63.7 cm³/mol. The smallest absolute Gasteiger partial charge is 0.272 e. The van der Waals surface area contributed by atoms with E-state index in [1.807, 2.05) is 6.92 Å². The Morgan fingerprint density at radius 3 is 2.82 bits per heavy atom. The second-order valence-electron chi connectivity index (χ2n) is 5.12. The SMILES string of the molecule is Cc1cc(C(=O)N2CCCC(C)(O)C2)n(C)n1. The molecular formula is C12H19N3O2. The molecule has 94 valence electrons. The van der Waals surface area contributed by atoms with Gasteiger partial charge in [0.2, 0.25) is 0 Å². The van der Waals surface area contributed by atoms with Crippen LogP contribution in [-0.4, -0.2) is 44.4 Å². The summed E-state index contributed by atoms with van der Waals surface area (Å²) in [7, 11) is 1.77. The third-order valence-electron chi connectivity index (χ3n) is 3.18. The van der Waals surface area contributed by atoms with Crippen LogP contribution in [0.4, 0.5) is 0 Å². The lowest BCUT2D eigenvalue weighted by Gasteiger charge is -2.36. The van der Waals surface area contributed by atoms with Gasteiger partial charge in [-0.3, -0.25) is 9.48 Å². The molecule has 1 atom stereocenters. The van der Waals surface area contributed by atoms with Crippen LogP contribution in [0.1, 0.15) is 35.9 Å². The number of piperidine rings is 1. The molecular weight excluding hydrogens is 218 g/mol. The van der Waals surface area contributed by atoms with E-state index in [0.29, 0.717) is 18.8 Å². The van der Waals surface area contributed by atoms with Crippen molar-refractivity contribution in [3.63, 3.8) is 0 Å². The molecule has 1 aromatic heterocycles. The van der Waals surface area contributed by atoms with Crippen LogP contribution in [0.5, 0.6) is 0 Å². The van der Waals surface area contributed by atoms with Gasteiger partial charge in [0.25, 0.3) is 5.91 Å². The first-order valence-corrected chi connectivity index (χ1v) is 5.91. The van der Waals surface area contributed by atoms with Crippen LogP contribution in [0.15, 0.2) is 6.07 Å². The average molecular weight is 237 g/mol. The van der Waals surface area contributed by atoms with Gasteiger partial charge in [-0.15, -0.1) is 0 Å². The summed E-state index contributed by atoms with van der Waals surface area (Å²) in [6.45, 7) is 4.75. The number of aliphatic hydroxyl groups is 1. The first-order chi connectivity index (χ1) is 7.89. The van der Waals surface area contributed by atoms with Gasteiger partial charge in [0.1, 0.15) is 5.69 Å². The Morgan fingerprint density at radius 1 is 1.59 bits per heavy atom. The van der Waals surface area contributed by atoms with Crippen LogP contribution in [0.25, 0.3) is 0 Å². The predicted octanol–water partition coefficient (Wildman–Crippen LogP) is 0.716. The number of hydrogen-bond acceptors (Lipinski definition) is 3. The summed E-state index contributed by atoms with van der Waals surface area (Å²) in [5, 5.41) is 14.2. The molecule has 1 amide bonds. The zero-order chi connectivity index (χ0) is 12.6. The molecule has 1 saturated heterocycles. The molecule has 1 unspecified atom stereocenters. The number of likely N-dealkylation sites (tertiary alicyclic amines) is 1. The number of β-amino-alcohol motifs (C(OH)–C–C–N with tert-alkyl or cyclic N) is 1. The number of amides is 1. The molecule has 1 fully saturated rings. The quantitative estimate of drug-likeness (QED) is 0.782. The molecule has 0 spiro atoms. The minimum Gasteiger partial charge on any atom is -0.388 e. The second-order valence-corrected chi connectivity index (χ2v) is 5.12. The standard InChI is InChI=1S/C12H19N3O2/c1-9-7-10(14(3)13-9)11(16)15-6-4-5-12(2,17)8-15/h7,17H,4-6,8H2,1-3H3. The minimum absolute atomic E-state index is 0.0481. The molecule has 0 radical (unpaired) electrons. The number of hydrogen-bond donors (Lipinski definition) is 1. The maximum Gasteiger partial charge on any atom is 0.272 e. The third kappa shape index (κ3) is 2.49. The van der Waals surface area contributed by atoms with E-state index in [2.05, 4.69) is 5.10 Å². The topological polar surface area (TPSA) is 58.4 Å². The molecule has 0 bridgehead atoms. The first-order valence-electron chi connectivity index (χ1n) is 5.91. The zero-order valence-corrected chi connectivity index (χ0v) is 10.6. The van der Waals surface area contributed by atoms with E-state index >= 15 is 0 Å². The maximum atomic E-state index is 12.3. The van der Waals surface area contributed by atoms with Crippen molar-refractivity contribution in [2.24, 2.45) is 7.05 Å². The Bertz CT molecular complexity index is 437. The van der Waals surface area contributed by atoms with Crippen molar-refractivity contribution < 1.29 is 9.90 Å². The van der Waals surface area contributed by atoms with Gasteiger partial charge in [-0.05, 0) is 32.8 Å². The zero-order valence-electron chi connectivity index (χ0n) is 10.6.